The molecule has 0 spiro atoms. The quantitative estimate of drug-likeness (QED) is 0.0565. The minimum Gasteiger partial charge on any atom is -0.391 e. The van der Waals surface area contributed by atoms with Crippen molar-refractivity contribution in [2.75, 3.05) is 44.2 Å². The number of aromatic amines is 1. The van der Waals surface area contributed by atoms with E-state index in [9.17, 15) is 24.3 Å². The Morgan fingerprint density at radius 1 is 1.00 bits per heavy atom. The zero-order chi connectivity index (χ0) is 49.2. The molecule has 0 saturated carbocycles. The molecule has 364 valence electrons. The van der Waals surface area contributed by atoms with E-state index in [-0.39, 0.29) is 43.0 Å². The SMILES string of the molecule is [C-]#[N+]c1ccc2c3c([nH]c2c1)C(C)(C)c1cc(N2CCN(CCCCCCCC(=O)N[C@H](C(=O)N4C[C@H](O)C[C@H]4C(=O)NCc4ccc(-c5scnc5C)cc4)C(C)(C)C)CC2)c(CC)cc1C3=O. The van der Waals surface area contributed by atoms with Crippen LogP contribution in [0.2, 0.25) is 0 Å². The van der Waals surface area contributed by atoms with E-state index in [1.54, 1.807) is 17.4 Å². The van der Waals surface area contributed by atoms with Crippen LogP contribution in [-0.2, 0) is 32.8 Å². The number of ketones is 1. The van der Waals surface area contributed by atoms with E-state index in [1.165, 1.54) is 16.2 Å². The second-order valence-electron chi connectivity index (χ2n) is 20.8. The van der Waals surface area contributed by atoms with Gasteiger partial charge in [0.25, 0.3) is 0 Å². The molecule has 0 radical (unpaired) electrons. The van der Waals surface area contributed by atoms with Crippen LogP contribution in [0.15, 0.2) is 60.1 Å². The maximum absolute atomic E-state index is 14.1. The fourth-order valence-electron chi connectivity index (χ4n) is 10.5. The molecule has 0 unspecified atom stereocenters. The predicted molar refractivity (Wildman–Crippen MR) is 274 cm³/mol. The maximum atomic E-state index is 14.1. The number of likely N-dealkylation sites (tertiary alicyclic amines) is 1. The van der Waals surface area contributed by atoms with Crippen molar-refractivity contribution in [2.45, 2.75) is 130 Å². The summed E-state index contributed by atoms with van der Waals surface area (Å²) in [4.78, 5) is 74.1. The average Bonchev–Trinajstić information content (AvgIpc) is 4.07. The van der Waals surface area contributed by atoms with Crippen LogP contribution in [0, 0.1) is 18.9 Å². The fourth-order valence-corrected chi connectivity index (χ4v) is 11.3. The van der Waals surface area contributed by atoms with E-state index in [0.29, 0.717) is 12.1 Å². The topological polar surface area (TPSA) is 155 Å². The summed E-state index contributed by atoms with van der Waals surface area (Å²) < 4.78 is 0. The number of carbonyl (C=O) groups is 4. The van der Waals surface area contributed by atoms with Crippen LogP contribution in [0.25, 0.3) is 26.2 Å². The number of benzene rings is 3. The van der Waals surface area contributed by atoms with E-state index in [1.807, 2.05) is 69.6 Å². The Balaban J connectivity index is 0.766. The number of hydrogen-bond donors (Lipinski definition) is 4. The lowest BCUT2D eigenvalue weighted by Crippen LogP contribution is -2.57. The van der Waals surface area contributed by atoms with Crippen molar-refractivity contribution in [3.63, 3.8) is 0 Å². The third-order valence-corrected chi connectivity index (χ3v) is 15.6. The molecule has 4 heterocycles. The number of aromatic nitrogens is 2. The first-order valence-electron chi connectivity index (χ1n) is 24.8. The fraction of sp³-hybridized carbons (Fsp3) is 0.491. The van der Waals surface area contributed by atoms with E-state index in [2.05, 4.69) is 68.2 Å². The number of anilines is 1. The number of aryl methyl sites for hydroxylation is 2. The number of hydrogen-bond acceptors (Lipinski definition) is 9. The van der Waals surface area contributed by atoms with Gasteiger partial charge in [-0.15, -0.1) is 11.3 Å². The van der Waals surface area contributed by atoms with Gasteiger partial charge in [-0.05, 0) is 78.6 Å². The van der Waals surface area contributed by atoms with E-state index < -0.39 is 29.0 Å². The van der Waals surface area contributed by atoms with Gasteiger partial charge in [0, 0.05) is 85.4 Å². The Labute approximate surface area is 410 Å². The molecule has 2 fully saturated rings. The Morgan fingerprint density at radius 3 is 2.41 bits per heavy atom. The van der Waals surface area contributed by atoms with E-state index >= 15 is 0 Å². The normalized spacial score (nSPS) is 18.4. The highest BCUT2D eigenvalue weighted by Gasteiger charge is 2.45. The molecule has 2 aliphatic heterocycles. The van der Waals surface area contributed by atoms with E-state index in [0.717, 1.165) is 126 Å². The number of nitrogens with zero attached hydrogens (tertiary/aromatic N) is 5. The average molecular weight is 953 g/mol. The molecule has 3 atom stereocenters. The van der Waals surface area contributed by atoms with Gasteiger partial charge in [0.15, 0.2) is 11.5 Å². The number of unbranched alkanes of at least 4 members (excludes halogenated alkanes) is 4. The van der Waals surface area contributed by atoms with Gasteiger partial charge in [0.2, 0.25) is 17.7 Å². The van der Waals surface area contributed by atoms with Gasteiger partial charge in [-0.25, -0.2) is 9.83 Å². The minimum absolute atomic E-state index is 0.0374. The second-order valence-corrected chi connectivity index (χ2v) is 21.7. The number of thiazole rings is 1. The standard InChI is InChI=1S/C55H68N8O5S/c1-9-36-27-41-42(55(6,7)50-47(48(41)66)40-21-20-38(56-8)28-43(40)59-50)30-44(36)62-25-23-61(24-26-62)22-14-12-10-11-13-15-46(65)60-51(54(3,4)5)53(68)63-32-39(64)29-45(63)52(67)57-31-35-16-18-37(19-17-35)49-34(2)58-33-69-49/h16-21,27-28,30,33,39,45,51,59,64H,9-15,22-26,29,31-32H2,1-7H3,(H,57,67)(H,60,65)/t39-,45+,51-/m1/s1. The summed E-state index contributed by atoms with van der Waals surface area (Å²) in [6.45, 7) is 26.8. The zero-order valence-corrected chi connectivity index (χ0v) is 42.2. The van der Waals surface area contributed by atoms with Crippen LogP contribution >= 0.6 is 11.3 Å². The lowest BCUT2D eigenvalue weighted by atomic mass is 9.70. The molecule has 1 aliphatic carbocycles. The molecule has 14 heteroatoms. The zero-order valence-electron chi connectivity index (χ0n) is 41.3. The number of β-amino-alcohol motifs (C(OH)–C–C–N with tert-alkyl or cyclic N) is 1. The summed E-state index contributed by atoms with van der Waals surface area (Å²) in [6, 6.07) is 16.2. The predicted octanol–water partition coefficient (Wildman–Crippen LogP) is 8.86. The minimum atomic E-state index is -0.847. The highest BCUT2D eigenvalue weighted by Crippen LogP contribution is 2.46. The number of nitrogens with one attached hydrogen (secondary N) is 3. The van der Waals surface area contributed by atoms with Gasteiger partial charge >= 0.3 is 0 Å². The van der Waals surface area contributed by atoms with Gasteiger partial charge in [-0.1, -0.05) is 97.2 Å². The Kier molecular flexibility index (Phi) is 14.8. The summed E-state index contributed by atoms with van der Waals surface area (Å²) in [5, 5.41) is 17.5. The van der Waals surface area contributed by atoms with Gasteiger partial charge in [-0.2, -0.15) is 0 Å². The van der Waals surface area contributed by atoms with Crippen molar-refractivity contribution in [2.24, 2.45) is 5.41 Å². The lowest BCUT2D eigenvalue weighted by Gasteiger charge is -2.39. The van der Waals surface area contributed by atoms with Crippen molar-refractivity contribution in [3.05, 3.63) is 111 Å². The number of piperazine rings is 1. The number of rotatable bonds is 16. The molecule has 5 aromatic rings. The summed E-state index contributed by atoms with van der Waals surface area (Å²) in [5.74, 6) is -0.814. The van der Waals surface area contributed by atoms with Gasteiger partial charge < -0.3 is 30.5 Å². The Bertz CT molecular complexity index is 2750. The molecule has 69 heavy (non-hydrogen) atoms. The smallest absolute Gasteiger partial charge is 0.246 e. The summed E-state index contributed by atoms with van der Waals surface area (Å²) >= 11 is 1.59. The third-order valence-electron chi connectivity index (χ3n) is 14.6. The van der Waals surface area contributed by atoms with Crippen LogP contribution in [0.3, 0.4) is 0 Å². The molecule has 3 amide bonds. The van der Waals surface area contributed by atoms with Crippen LogP contribution in [0.5, 0.6) is 0 Å². The molecule has 13 nitrogen and oxygen atoms in total. The van der Waals surface area contributed by atoms with Crippen LogP contribution in [-0.4, -0.2) is 106 Å². The van der Waals surface area contributed by atoms with Crippen molar-refractivity contribution < 1.29 is 24.3 Å². The Morgan fingerprint density at radius 2 is 1.72 bits per heavy atom. The summed E-state index contributed by atoms with van der Waals surface area (Å²) in [6.07, 6.45) is 5.29. The molecule has 4 N–H and O–H groups in total. The second kappa shape index (κ2) is 20.6. The molecule has 3 aromatic carbocycles. The lowest BCUT2D eigenvalue weighted by molar-refractivity contribution is -0.144. The highest BCUT2D eigenvalue weighted by molar-refractivity contribution is 7.13. The van der Waals surface area contributed by atoms with Crippen LogP contribution in [0.1, 0.15) is 130 Å². The van der Waals surface area contributed by atoms with Crippen molar-refractivity contribution in [1.29, 1.82) is 0 Å². The van der Waals surface area contributed by atoms with Gasteiger partial charge in [-0.3, -0.25) is 24.1 Å². The van der Waals surface area contributed by atoms with Crippen LogP contribution < -0.4 is 15.5 Å². The summed E-state index contributed by atoms with van der Waals surface area (Å²) in [5.41, 5.74) is 11.0. The van der Waals surface area contributed by atoms with E-state index in [4.69, 9.17) is 6.57 Å². The van der Waals surface area contributed by atoms with Crippen LogP contribution in [0.4, 0.5) is 11.4 Å². The third kappa shape index (κ3) is 10.5. The monoisotopic (exact) mass is 953 g/mol. The van der Waals surface area contributed by atoms with Gasteiger partial charge in [0.1, 0.15) is 12.1 Å². The van der Waals surface area contributed by atoms with Crippen molar-refractivity contribution in [3.8, 4) is 10.4 Å². The molecular formula is C55H68N8O5S. The first-order chi connectivity index (χ1) is 33.0. The number of fused-ring (bicyclic) bond motifs is 4. The molecule has 2 aromatic heterocycles. The summed E-state index contributed by atoms with van der Waals surface area (Å²) in [7, 11) is 0. The van der Waals surface area contributed by atoms with Crippen molar-refractivity contribution >= 4 is 57.1 Å². The molecule has 3 aliphatic rings. The first-order valence-corrected chi connectivity index (χ1v) is 25.6. The molecule has 0 bridgehead atoms. The molecule has 8 rings (SSSR count). The first kappa shape index (κ1) is 49.5. The highest BCUT2D eigenvalue weighted by atomic mass is 32.1. The number of aliphatic hydroxyl groups is 1. The number of aliphatic hydroxyl groups excluding tert-OH is 1. The molecule has 2 saturated heterocycles. The van der Waals surface area contributed by atoms with Gasteiger partial charge in [0.05, 0.1) is 34.3 Å². The number of H-pyrrole nitrogens is 1. The number of amides is 3. The Hall–Kier alpha value is -5.88. The number of carbonyl (C=O) groups excluding carboxylic acids is 4. The molecular weight excluding hydrogens is 885 g/mol. The largest absolute Gasteiger partial charge is 0.391 e. The maximum Gasteiger partial charge on any atom is 0.246 e. The van der Waals surface area contributed by atoms with Crippen molar-refractivity contribution in [1.82, 2.24) is 30.4 Å².